The maximum absolute atomic E-state index is 12.2. The Hall–Kier alpha value is -1.40. The van der Waals surface area contributed by atoms with Crippen LogP contribution in [0.1, 0.15) is 23.4 Å². The van der Waals surface area contributed by atoms with Crippen LogP contribution in [0.15, 0.2) is 17.0 Å². The molecule has 3 heterocycles. The smallest absolute Gasteiger partial charge is 0.291 e. The van der Waals surface area contributed by atoms with Gasteiger partial charge in [-0.1, -0.05) is 0 Å². The van der Waals surface area contributed by atoms with Crippen molar-refractivity contribution in [3.8, 4) is 0 Å². The van der Waals surface area contributed by atoms with Gasteiger partial charge in [0.25, 0.3) is 5.91 Å². The van der Waals surface area contributed by atoms with E-state index in [9.17, 15) is 4.79 Å². The Morgan fingerprint density at radius 1 is 1.67 bits per heavy atom. The van der Waals surface area contributed by atoms with E-state index in [2.05, 4.69) is 4.98 Å². The standard InChI is InChI=1S/C12H16N2O4/c1-16-10-6-14(7-12(10)3-2-4-18-12)11(15)9-5-13-8-17-9/h5,8,10H,2-4,6-7H2,1H3/t10-,12-/m0/s1. The summed E-state index contributed by atoms with van der Waals surface area (Å²) in [4.78, 5) is 17.7. The highest BCUT2D eigenvalue weighted by Gasteiger charge is 2.51. The van der Waals surface area contributed by atoms with E-state index in [0.717, 1.165) is 19.4 Å². The first-order valence-electron chi connectivity index (χ1n) is 6.10. The Balaban J connectivity index is 1.78. The zero-order valence-electron chi connectivity index (χ0n) is 10.3. The van der Waals surface area contributed by atoms with Crippen molar-refractivity contribution >= 4 is 5.91 Å². The second-order valence-electron chi connectivity index (χ2n) is 4.79. The maximum atomic E-state index is 12.2. The van der Waals surface area contributed by atoms with Crippen molar-refractivity contribution in [3.05, 3.63) is 18.4 Å². The van der Waals surface area contributed by atoms with Gasteiger partial charge >= 0.3 is 0 Å². The molecule has 0 unspecified atom stereocenters. The van der Waals surface area contributed by atoms with Crippen LogP contribution in [0.4, 0.5) is 0 Å². The predicted molar refractivity (Wildman–Crippen MR) is 61.1 cm³/mol. The minimum atomic E-state index is -0.329. The summed E-state index contributed by atoms with van der Waals surface area (Å²) in [5, 5.41) is 0. The number of oxazole rings is 1. The molecule has 2 aliphatic rings. The van der Waals surface area contributed by atoms with E-state index in [-0.39, 0.29) is 23.4 Å². The van der Waals surface area contributed by atoms with Crippen LogP contribution in [-0.2, 0) is 9.47 Å². The van der Waals surface area contributed by atoms with Gasteiger partial charge in [-0.25, -0.2) is 4.98 Å². The van der Waals surface area contributed by atoms with Gasteiger partial charge in [0, 0.05) is 13.7 Å². The molecule has 0 radical (unpaired) electrons. The molecule has 0 saturated carbocycles. The molecule has 98 valence electrons. The molecule has 1 amide bonds. The molecule has 2 aliphatic heterocycles. The summed E-state index contributed by atoms with van der Waals surface area (Å²) >= 11 is 0. The lowest BCUT2D eigenvalue weighted by atomic mass is 9.96. The van der Waals surface area contributed by atoms with Gasteiger partial charge in [-0.05, 0) is 12.8 Å². The molecule has 0 aliphatic carbocycles. The van der Waals surface area contributed by atoms with Crippen LogP contribution >= 0.6 is 0 Å². The lowest BCUT2D eigenvalue weighted by Gasteiger charge is -2.27. The molecule has 2 fully saturated rings. The van der Waals surface area contributed by atoms with E-state index >= 15 is 0 Å². The fourth-order valence-electron chi connectivity index (χ4n) is 2.87. The van der Waals surface area contributed by atoms with Gasteiger partial charge in [-0.3, -0.25) is 4.79 Å². The van der Waals surface area contributed by atoms with E-state index in [1.165, 1.54) is 12.6 Å². The first-order chi connectivity index (χ1) is 8.75. The zero-order chi connectivity index (χ0) is 12.6. The molecular weight excluding hydrogens is 236 g/mol. The van der Waals surface area contributed by atoms with Crippen LogP contribution in [0.2, 0.25) is 0 Å². The van der Waals surface area contributed by atoms with Crippen molar-refractivity contribution in [3.63, 3.8) is 0 Å². The van der Waals surface area contributed by atoms with Crippen molar-refractivity contribution in [2.45, 2.75) is 24.5 Å². The average molecular weight is 252 g/mol. The van der Waals surface area contributed by atoms with Crippen molar-refractivity contribution in [2.24, 2.45) is 0 Å². The van der Waals surface area contributed by atoms with E-state index < -0.39 is 0 Å². The highest BCUT2D eigenvalue weighted by atomic mass is 16.6. The Bertz CT molecular complexity index is 425. The van der Waals surface area contributed by atoms with Crippen LogP contribution < -0.4 is 0 Å². The Labute approximate surface area is 105 Å². The topological polar surface area (TPSA) is 64.8 Å². The number of amides is 1. The summed E-state index contributed by atoms with van der Waals surface area (Å²) in [6, 6.07) is 0. The lowest BCUT2D eigenvalue weighted by Crippen LogP contribution is -2.42. The van der Waals surface area contributed by atoms with E-state index in [4.69, 9.17) is 13.9 Å². The lowest BCUT2D eigenvalue weighted by molar-refractivity contribution is -0.0755. The highest BCUT2D eigenvalue weighted by molar-refractivity contribution is 5.91. The number of methoxy groups -OCH3 is 1. The molecule has 1 aromatic rings. The maximum Gasteiger partial charge on any atom is 0.291 e. The fourth-order valence-corrected chi connectivity index (χ4v) is 2.87. The van der Waals surface area contributed by atoms with Crippen molar-refractivity contribution < 1.29 is 18.7 Å². The summed E-state index contributed by atoms with van der Waals surface area (Å²) < 4.78 is 16.4. The summed E-state index contributed by atoms with van der Waals surface area (Å²) in [5.41, 5.74) is -0.329. The largest absolute Gasteiger partial charge is 0.438 e. The first kappa shape index (κ1) is 11.7. The Morgan fingerprint density at radius 3 is 3.17 bits per heavy atom. The van der Waals surface area contributed by atoms with Crippen LogP contribution in [0, 0.1) is 0 Å². The van der Waals surface area contributed by atoms with Gasteiger partial charge in [0.1, 0.15) is 11.7 Å². The van der Waals surface area contributed by atoms with Crippen molar-refractivity contribution in [2.75, 3.05) is 26.8 Å². The average Bonchev–Trinajstić information content (AvgIpc) is 3.10. The van der Waals surface area contributed by atoms with E-state index in [1.54, 1.807) is 12.0 Å². The molecular formula is C12H16N2O4. The number of carbonyl (C=O) groups is 1. The quantitative estimate of drug-likeness (QED) is 0.775. The van der Waals surface area contributed by atoms with E-state index in [0.29, 0.717) is 13.1 Å². The molecule has 0 bridgehead atoms. The third kappa shape index (κ3) is 1.72. The summed E-state index contributed by atoms with van der Waals surface area (Å²) in [6.07, 6.45) is 4.59. The minimum absolute atomic E-state index is 0.0631. The van der Waals surface area contributed by atoms with Gasteiger partial charge in [0.2, 0.25) is 5.76 Å². The van der Waals surface area contributed by atoms with Gasteiger partial charge in [0.05, 0.1) is 19.3 Å². The van der Waals surface area contributed by atoms with Crippen LogP contribution in [0.3, 0.4) is 0 Å². The molecule has 6 nitrogen and oxygen atoms in total. The van der Waals surface area contributed by atoms with Crippen molar-refractivity contribution in [1.29, 1.82) is 0 Å². The minimum Gasteiger partial charge on any atom is -0.438 e. The van der Waals surface area contributed by atoms with Crippen LogP contribution in [0.25, 0.3) is 0 Å². The van der Waals surface area contributed by atoms with Gasteiger partial charge in [-0.15, -0.1) is 0 Å². The summed E-state index contributed by atoms with van der Waals surface area (Å²) in [7, 11) is 1.66. The third-order valence-electron chi connectivity index (χ3n) is 3.78. The van der Waals surface area contributed by atoms with Gasteiger partial charge < -0.3 is 18.8 Å². The molecule has 1 spiro atoms. The van der Waals surface area contributed by atoms with Gasteiger partial charge in [0.15, 0.2) is 6.39 Å². The first-order valence-corrected chi connectivity index (χ1v) is 6.10. The number of hydrogen-bond acceptors (Lipinski definition) is 5. The number of nitrogens with zero attached hydrogens (tertiary/aromatic N) is 2. The molecule has 18 heavy (non-hydrogen) atoms. The number of likely N-dealkylation sites (tertiary alicyclic amines) is 1. The second-order valence-corrected chi connectivity index (χ2v) is 4.79. The summed E-state index contributed by atoms with van der Waals surface area (Å²) in [6.45, 7) is 1.84. The Morgan fingerprint density at radius 2 is 2.56 bits per heavy atom. The predicted octanol–water partition coefficient (Wildman–Crippen LogP) is 0.695. The number of ether oxygens (including phenoxy) is 2. The SMILES string of the molecule is CO[C@H]1CN(C(=O)c2cnco2)C[C@@]12CCCO2. The number of carbonyl (C=O) groups excluding carboxylic acids is 1. The fraction of sp³-hybridized carbons (Fsp3) is 0.667. The van der Waals surface area contributed by atoms with Crippen LogP contribution in [0.5, 0.6) is 0 Å². The second kappa shape index (κ2) is 4.37. The number of hydrogen-bond donors (Lipinski definition) is 0. The van der Waals surface area contributed by atoms with Crippen LogP contribution in [-0.4, -0.2) is 54.3 Å². The van der Waals surface area contributed by atoms with Crippen molar-refractivity contribution in [1.82, 2.24) is 9.88 Å². The van der Waals surface area contributed by atoms with Gasteiger partial charge in [-0.2, -0.15) is 0 Å². The molecule has 1 aromatic heterocycles. The third-order valence-corrected chi connectivity index (χ3v) is 3.78. The number of rotatable bonds is 2. The molecule has 0 N–H and O–H groups in total. The number of aromatic nitrogens is 1. The molecule has 2 saturated heterocycles. The molecule has 3 rings (SSSR count). The molecule has 0 aromatic carbocycles. The monoisotopic (exact) mass is 252 g/mol. The normalized spacial score (nSPS) is 31.4. The van der Waals surface area contributed by atoms with E-state index in [1.807, 2.05) is 0 Å². The molecule has 6 heteroatoms. The highest BCUT2D eigenvalue weighted by Crippen LogP contribution is 2.37. The molecule has 2 atom stereocenters. The zero-order valence-corrected chi connectivity index (χ0v) is 10.3. The summed E-state index contributed by atoms with van der Waals surface area (Å²) in [5.74, 6) is 0.113. The Kier molecular flexibility index (Phi) is 2.83.